The third-order valence-corrected chi connectivity index (χ3v) is 3.79. The van der Waals surface area contributed by atoms with Crippen molar-refractivity contribution < 1.29 is 4.79 Å². The summed E-state index contributed by atoms with van der Waals surface area (Å²) in [5.74, 6) is -0.0650. The van der Waals surface area contributed by atoms with Crippen molar-refractivity contribution >= 4 is 11.6 Å². The standard InChI is InChI=1S/C16H19N3O/c1-19-9-3-4-13-10-12(6-7-15(13)19)11-18-16(20)14-5-2-8-17-14/h2,5-8,10,17H,3-4,9,11H2,1H3,(H,18,20). The molecule has 0 radical (unpaired) electrons. The van der Waals surface area contributed by atoms with E-state index in [0.29, 0.717) is 12.2 Å². The van der Waals surface area contributed by atoms with E-state index in [-0.39, 0.29) is 5.91 Å². The average Bonchev–Trinajstić information content (AvgIpc) is 2.99. The zero-order valence-corrected chi connectivity index (χ0v) is 11.6. The van der Waals surface area contributed by atoms with E-state index >= 15 is 0 Å². The van der Waals surface area contributed by atoms with Gasteiger partial charge in [-0.05, 0) is 42.2 Å². The molecule has 1 aromatic heterocycles. The lowest BCUT2D eigenvalue weighted by atomic mass is 9.99. The lowest BCUT2D eigenvalue weighted by Crippen LogP contribution is -2.26. The summed E-state index contributed by atoms with van der Waals surface area (Å²) in [5, 5.41) is 2.94. The van der Waals surface area contributed by atoms with E-state index in [1.54, 1.807) is 12.3 Å². The normalized spacial score (nSPS) is 13.9. The first-order valence-electron chi connectivity index (χ1n) is 6.98. The zero-order chi connectivity index (χ0) is 13.9. The molecular weight excluding hydrogens is 250 g/mol. The van der Waals surface area contributed by atoms with Gasteiger partial charge >= 0.3 is 0 Å². The molecule has 20 heavy (non-hydrogen) atoms. The van der Waals surface area contributed by atoms with Gasteiger partial charge in [0.05, 0.1) is 0 Å². The van der Waals surface area contributed by atoms with Gasteiger partial charge in [0.2, 0.25) is 0 Å². The van der Waals surface area contributed by atoms with Crippen molar-refractivity contribution in [1.29, 1.82) is 0 Å². The molecule has 0 saturated heterocycles. The molecule has 4 nitrogen and oxygen atoms in total. The van der Waals surface area contributed by atoms with Gasteiger partial charge < -0.3 is 15.2 Å². The van der Waals surface area contributed by atoms with Crippen LogP contribution >= 0.6 is 0 Å². The Labute approximate surface area is 118 Å². The molecule has 0 atom stereocenters. The SMILES string of the molecule is CN1CCCc2cc(CNC(=O)c3ccc[nH]3)ccc21. The number of aromatic nitrogens is 1. The van der Waals surface area contributed by atoms with Crippen LogP contribution in [0.4, 0.5) is 5.69 Å². The van der Waals surface area contributed by atoms with Crippen molar-refractivity contribution in [3.05, 3.63) is 53.3 Å². The van der Waals surface area contributed by atoms with Crippen LogP contribution in [0.15, 0.2) is 36.5 Å². The maximum Gasteiger partial charge on any atom is 0.267 e. The first-order chi connectivity index (χ1) is 9.74. The van der Waals surface area contributed by atoms with Crippen LogP contribution in [0, 0.1) is 0 Å². The van der Waals surface area contributed by atoms with Gasteiger partial charge in [-0.3, -0.25) is 4.79 Å². The lowest BCUT2D eigenvalue weighted by molar-refractivity contribution is 0.0946. The minimum atomic E-state index is -0.0650. The summed E-state index contributed by atoms with van der Waals surface area (Å²) in [7, 11) is 2.13. The van der Waals surface area contributed by atoms with Crippen LogP contribution in [0.5, 0.6) is 0 Å². The Morgan fingerprint density at radius 3 is 3.10 bits per heavy atom. The van der Waals surface area contributed by atoms with Crippen molar-refractivity contribution in [2.75, 3.05) is 18.5 Å². The first-order valence-corrected chi connectivity index (χ1v) is 6.98. The fourth-order valence-corrected chi connectivity index (χ4v) is 2.70. The highest BCUT2D eigenvalue weighted by Gasteiger charge is 2.14. The predicted molar refractivity (Wildman–Crippen MR) is 80.0 cm³/mol. The molecule has 1 aliphatic heterocycles. The number of nitrogens with zero attached hydrogens (tertiary/aromatic N) is 1. The molecule has 0 bridgehead atoms. The molecule has 2 aromatic rings. The number of carbonyl (C=O) groups is 1. The van der Waals surface area contributed by atoms with Gasteiger partial charge in [-0.2, -0.15) is 0 Å². The van der Waals surface area contributed by atoms with Crippen LogP contribution in [0.1, 0.15) is 28.0 Å². The van der Waals surface area contributed by atoms with Gasteiger partial charge in [0, 0.05) is 32.0 Å². The number of rotatable bonds is 3. The molecule has 2 N–H and O–H groups in total. The van der Waals surface area contributed by atoms with Crippen molar-refractivity contribution in [3.63, 3.8) is 0 Å². The number of benzene rings is 1. The Kier molecular flexibility index (Phi) is 3.46. The number of aryl methyl sites for hydroxylation is 1. The van der Waals surface area contributed by atoms with Gasteiger partial charge in [-0.25, -0.2) is 0 Å². The number of H-pyrrole nitrogens is 1. The Morgan fingerprint density at radius 1 is 1.40 bits per heavy atom. The fraction of sp³-hybridized carbons (Fsp3) is 0.312. The zero-order valence-electron chi connectivity index (χ0n) is 11.6. The van der Waals surface area contributed by atoms with Crippen LogP contribution in [0.3, 0.4) is 0 Å². The third-order valence-electron chi connectivity index (χ3n) is 3.79. The first kappa shape index (κ1) is 12.8. The van der Waals surface area contributed by atoms with Crippen molar-refractivity contribution in [1.82, 2.24) is 10.3 Å². The minimum Gasteiger partial charge on any atom is -0.374 e. The number of carbonyl (C=O) groups excluding carboxylic acids is 1. The second-order valence-corrected chi connectivity index (χ2v) is 5.25. The second-order valence-electron chi connectivity index (χ2n) is 5.25. The molecule has 0 saturated carbocycles. The van der Waals surface area contributed by atoms with Gasteiger partial charge in [-0.1, -0.05) is 12.1 Å². The number of nitrogens with one attached hydrogen (secondary N) is 2. The van der Waals surface area contributed by atoms with Crippen LogP contribution < -0.4 is 10.2 Å². The summed E-state index contributed by atoms with van der Waals surface area (Å²) in [6, 6.07) is 10.1. The number of aromatic amines is 1. The van der Waals surface area contributed by atoms with Gasteiger partial charge in [0.25, 0.3) is 5.91 Å². The summed E-state index contributed by atoms with van der Waals surface area (Å²) in [6.45, 7) is 1.69. The largest absolute Gasteiger partial charge is 0.374 e. The number of hydrogen-bond donors (Lipinski definition) is 2. The predicted octanol–water partition coefficient (Wildman–Crippen LogP) is 2.33. The Balaban J connectivity index is 1.68. The van der Waals surface area contributed by atoms with Gasteiger partial charge in [0.15, 0.2) is 0 Å². The van der Waals surface area contributed by atoms with E-state index in [1.807, 2.05) is 6.07 Å². The number of hydrogen-bond acceptors (Lipinski definition) is 2. The molecule has 0 unspecified atom stereocenters. The Hall–Kier alpha value is -2.23. The number of anilines is 1. The summed E-state index contributed by atoms with van der Waals surface area (Å²) in [6.07, 6.45) is 4.07. The highest BCUT2D eigenvalue weighted by Crippen LogP contribution is 2.26. The third kappa shape index (κ3) is 2.54. The second kappa shape index (κ2) is 5.41. The van der Waals surface area contributed by atoms with E-state index in [0.717, 1.165) is 18.5 Å². The highest BCUT2D eigenvalue weighted by molar-refractivity contribution is 5.92. The van der Waals surface area contributed by atoms with Crippen molar-refractivity contribution in [3.8, 4) is 0 Å². The molecular formula is C16H19N3O. The van der Waals surface area contributed by atoms with Gasteiger partial charge in [0.1, 0.15) is 5.69 Å². The highest BCUT2D eigenvalue weighted by atomic mass is 16.1. The van der Waals surface area contributed by atoms with Crippen molar-refractivity contribution in [2.24, 2.45) is 0 Å². The summed E-state index contributed by atoms with van der Waals surface area (Å²) in [5.41, 5.74) is 4.45. The summed E-state index contributed by atoms with van der Waals surface area (Å²) in [4.78, 5) is 17.1. The monoisotopic (exact) mass is 269 g/mol. The van der Waals surface area contributed by atoms with E-state index in [2.05, 4.69) is 40.4 Å². The van der Waals surface area contributed by atoms with E-state index in [9.17, 15) is 4.79 Å². The molecule has 0 spiro atoms. The number of fused-ring (bicyclic) bond motifs is 1. The van der Waals surface area contributed by atoms with Crippen LogP contribution in [-0.4, -0.2) is 24.5 Å². The molecule has 3 rings (SSSR count). The van der Waals surface area contributed by atoms with Crippen LogP contribution in [0.25, 0.3) is 0 Å². The maximum absolute atomic E-state index is 11.9. The average molecular weight is 269 g/mol. The van der Waals surface area contributed by atoms with Crippen LogP contribution in [0.2, 0.25) is 0 Å². The van der Waals surface area contributed by atoms with E-state index in [4.69, 9.17) is 0 Å². The Morgan fingerprint density at radius 2 is 2.30 bits per heavy atom. The quantitative estimate of drug-likeness (QED) is 0.898. The number of amides is 1. The fourth-order valence-electron chi connectivity index (χ4n) is 2.70. The molecule has 1 aromatic carbocycles. The smallest absolute Gasteiger partial charge is 0.267 e. The van der Waals surface area contributed by atoms with E-state index < -0.39 is 0 Å². The Bertz CT molecular complexity index is 604. The molecule has 0 aliphatic carbocycles. The molecule has 1 aliphatic rings. The van der Waals surface area contributed by atoms with E-state index in [1.165, 1.54) is 17.7 Å². The minimum absolute atomic E-state index is 0.0650. The maximum atomic E-state index is 11.9. The summed E-state index contributed by atoms with van der Waals surface area (Å²) < 4.78 is 0. The molecule has 2 heterocycles. The molecule has 104 valence electrons. The lowest BCUT2D eigenvalue weighted by Gasteiger charge is -2.27. The summed E-state index contributed by atoms with van der Waals surface area (Å²) >= 11 is 0. The van der Waals surface area contributed by atoms with Gasteiger partial charge in [-0.15, -0.1) is 0 Å². The molecule has 4 heteroatoms. The molecule has 0 fully saturated rings. The van der Waals surface area contributed by atoms with Crippen molar-refractivity contribution in [2.45, 2.75) is 19.4 Å². The molecule has 1 amide bonds. The topological polar surface area (TPSA) is 48.1 Å². The van der Waals surface area contributed by atoms with Crippen LogP contribution in [-0.2, 0) is 13.0 Å².